The zero-order chi connectivity index (χ0) is 32.7. The molecule has 3 aromatic carbocycles. The lowest BCUT2D eigenvalue weighted by Gasteiger charge is -2.53. The van der Waals surface area contributed by atoms with Crippen LogP contribution in [0, 0.1) is 0 Å². The standard InChI is InChI=1S/C35H38F2N4O5/c1-25(42)18-34(41-24-38-39-32(41)43)13-14-35(31-11-7-4-8-12-31,40(22-34)33(44)45-21-27-9-5-3-6-10-27)23-46-26(2)30-16-28(19-36)15-29(17-30)20-37/h3-12,15-17,24,26H,13-14,18-23H2,1-2H3,(H,39,43)/t26-,34-,35-/m1/s1. The molecule has 1 aliphatic heterocycles. The molecule has 3 atom stereocenters. The van der Waals surface area contributed by atoms with Gasteiger partial charge in [0.05, 0.1) is 23.8 Å². The van der Waals surface area contributed by atoms with Crippen LogP contribution < -0.4 is 5.69 Å². The van der Waals surface area contributed by atoms with Gasteiger partial charge < -0.3 is 9.47 Å². The summed E-state index contributed by atoms with van der Waals surface area (Å²) < 4.78 is 41.0. The smallest absolute Gasteiger partial charge is 0.410 e. The quantitative estimate of drug-likeness (QED) is 0.197. The molecule has 1 fully saturated rings. The molecule has 0 aliphatic carbocycles. The number of hydrogen-bond donors (Lipinski definition) is 1. The van der Waals surface area contributed by atoms with Crippen molar-refractivity contribution in [3.8, 4) is 0 Å². The number of halogens is 2. The number of nitrogens with one attached hydrogen (secondary N) is 1. The van der Waals surface area contributed by atoms with Crippen molar-refractivity contribution in [1.82, 2.24) is 19.7 Å². The summed E-state index contributed by atoms with van der Waals surface area (Å²) in [5, 5.41) is 6.33. The molecule has 242 valence electrons. The van der Waals surface area contributed by atoms with Gasteiger partial charge in [0.15, 0.2) is 0 Å². The van der Waals surface area contributed by atoms with Crippen molar-refractivity contribution >= 4 is 11.9 Å². The van der Waals surface area contributed by atoms with E-state index in [1.807, 2.05) is 60.7 Å². The van der Waals surface area contributed by atoms with E-state index in [9.17, 15) is 23.2 Å². The number of aromatic nitrogens is 3. The molecule has 4 aromatic rings. The first-order valence-corrected chi connectivity index (χ1v) is 15.2. The highest BCUT2D eigenvalue weighted by Gasteiger charge is 2.53. The van der Waals surface area contributed by atoms with Gasteiger partial charge in [-0.1, -0.05) is 78.9 Å². The number of aromatic amines is 1. The second-order valence-electron chi connectivity index (χ2n) is 12.0. The average molecular weight is 633 g/mol. The molecule has 1 aliphatic rings. The first kappa shape index (κ1) is 32.7. The molecule has 9 nitrogen and oxygen atoms in total. The Labute approximate surface area is 266 Å². The number of H-pyrrole nitrogens is 1. The number of piperidine rings is 1. The van der Waals surface area contributed by atoms with Gasteiger partial charge in [0.1, 0.15) is 32.1 Å². The highest BCUT2D eigenvalue weighted by Crippen LogP contribution is 2.46. The molecule has 0 bridgehead atoms. The number of alkyl halides is 2. The molecular weight excluding hydrogens is 594 g/mol. The molecule has 0 spiro atoms. The second kappa shape index (κ2) is 14.2. The summed E-state index contributed by atoms with van der Waals surface area (Å²) in [6.45, 7) is 1.72. The van der Waals surface area contributed by atoms with Crippen LogP contribution in [0.3, 0.4) is 0 Å². The molecule has 0 radical (unpaired) electrons. The molecule has 1 amide bonds. The Kier molecular flexibility index (Phi) is 10.1. The largest absolute Gasteiger partial charge is 0.445 e. The van der Waals surface area contributed by atoms with Gasteiger partial charge >= 0.3 is 11.8 Å². The lowest BCUT2D eigenvalue weighted by molar-refractivity contribution is -0.123. The molecule has 0 unspecified atom stereocenters. The van der Waals surface area contributed by atoms with E-state index in [1.165, 1.54) is 23.9 Å². The Balaban J connectivity index is 1.56. The van der Waals surface area contributed by atoms with Crippen molar-refractivity contribution in [2.75, 3.05) is 13.2 Å². The van der Waals surface area contributed by atoms with E-state index in [-0.39, 0.29) is 32.0 Å². The number of Topliss-reactive ketones (excluding diaryl/α,β-unsaturated/α-hetero) is 1. The van der Waals surface area contributed by atoms with Gasteiger partial charge in [-0.05, 0) is 54.5 Å². The summed E-state index contributed by atoms with van der Waals surface area (Å²) in [7, 11) is 0. The van der Waals surface area contributed by atoms with Gasteiger partial charge in [-0.15, -0.1) is 0 Å². The summed E-state index contributed by atoms with van der Waals surface area (Å²) in [6.07, 6.45) is 0.749. The first-order valence-electron chi connectivity index (χ1n) is 15.2. The number of likely N-dealkylation sites (tertiary alicyclic amines) is 1. The maximum atomic E-state index is 14.2. The lowest BCUT2D eigenvalue weighted by atomic mass is 9.73. The Hall–Kier alpha value is -4.64. The number of ketones is 1. The van der Waals surface area contributed by atoms with Crippen LogP contribution in [-0.2, 0) is 45.3 Å². The van der Waals surface area contributed by atoms with Gasteiger partial charge in [0, 0.05) is 13.0 Å². The van der Waals surface area contributed by atoms with Gasteiger partial charge in [-0.3, -0.25) is 14.3 Å². The second-order valence-corrected chi connectivity index (χ2v) is 12.0. The lowest BCUT2D eigenvalue weighted by Crippen LogP contribution is -2.64. The third kappa shape index (κ3) is 6.94. The summed E-state index contributed by atoms with van der Waals surface area (Å²) in [5.74, 6) is -0.154. The number of rotatable bonds is 12. The Bertz CT molecular complexity index is 1670. The topological polar surface area (TPSA) is 107 Å². The SMILES string of the molecule is CC(=O)C[C@]1(n2cn[nH]c2=O)CC[C@@](CO[C@H](C)c2cc(CF)cc(CF)c2)(c2ccccc2)N(C(=O)OCc2ccccc2)C1. The summed E-state index contributed by atoms with van der Waals surface area (Å²) >= 11 is 0. The maximum Gasteiger partial charge on any atom is 0.410 e. The van der Waals surface area contributed by atoms with E-state index in [2.05, 4.69) is 10.2 Å². The van der Waals surface area contributed by atoms with Crippen molar-refractivity contribution in [3.05, 3.63) is 123 Å². The molecule has 1 saturated heterocycles. The fraction of sp³-hybridized carbons (Fsp3) is 0.371. The van der Waals surface area contributed by atoms with Gasteiger partial charge in [0.2, 0.25) is 0 Å². The average Bonchev–Trinajstić information content (AvgIpc) is 3.53. The van der Waals surface area contributed by atoms with E-state index < -0.39 is 42.3 Å². The number of carbonyl (C=O) groups is 2. The number of benzene rings is 3. The van der Waals surface area contributed by atoms with Gasteiger partial charge in [-0.25, -0.2) is 23.5 Å². The van der Waals surface area contributed by atoms with E-state index in [0.29, 0.717) is 29.5 Å². The predicted molar refractivity (Wildman–Crippen MR) is 167 cm³/mol. The molecule has 5 rings (SSSR count). The zero-order valence-electron chi connectivity index (χ0n) is 26.0. The van der Waals surface area contributed by atoms with Crippen molar-refractivity contribution < 1.29 is 27.8 Å². The third-order valence-corrected chi connectivity index (χ3v) is 8.78. The maximum absolute atomic E-state index is 14.2. The number of carbonyl (C=O) groups excluding carboxylic acids is 2. The van der Waals surface area contributed by atoms with Crippen LogP contribution >= 0.6 is 0 Å². The number of amides is 1. The number of nitrogens with zero attached hydrogens (tertiary/aromatic N) is 3. The van der Waals surface area contributed by atoms with Crippen LogP contribution in [0.4, 0.5) is 13.6 Å². The zero-order valence-corrected chi connectivity index (χ0v) is 26.0. The number of hydrogen-bond acceptors (Lipinski definition) is 6. The molecule has 11 heteroatoms. The molecule has 46 heavy (non-hydrogen) atoms. The highest BCUT2D eigenvalue weighted by atomic mass is 19.1. The van der Waals surface area contributed by atoms with Crippen LogP contribution in [0.1, 0.15) is 67.0 Å². The predicted octanol–water partition coefficient (Wildman–Crippen LogP) is 6.29. The molecule has 0 saturated carbocycles. The van der Waals surface area contributed by atoms with Crippen LogP contribution in [0.25, 0.3) is 0 Å². The summed E-state index contributed by atoms with van der Waals surface area (Å²) in [5.41, 5.74) is 0.193. The minimum absolute atomic E-state index is 0.000134. The van der Waals surface area contributed by atoms with Crippen LogP contribution in [-0.4, -0.2) is 44.7 Å². The number of ether oxygens (including phenoxy) is 2. The van der Waals surface area contributed by atoms with E-state index >= 15 is 0 Å². The van der Waals surface area contributed by atoms with Crippen molar-refractivity contribution in [2.45, 2.75) is 70.2 Å². The minimum Gasteiger partial charge on any atom is -0.445 e. The van der Waals surface area contributed by atoms with E-state index in [4.69, 9.17) is 9.47 Å². The fourth-order valence-corrected chi connectivity index (χ4v) is 6.43. The van der Waals surface area contributed by atoms with Crippen LogP contribution in [0.15, 0.2) is 90.0 Å². The van der Waals surface area contributed by atoms with Gasteiger partial charge in [0.25, 0.3) is 0 Å². The molecule has 1 N–H and O–H groups in total. The van der Waals surface area contributed by atoms with Crippen molar-refractivity contribution in [1.29, 1.82) is 0 Å². The summed E-state index contributed by atoms with van der Waals surface area (Å²) in [6, 6.07) is 23.4. The normalized spacial score (nSPS) is 20.3. The monoisotopic (exact) mass is 632 g/mol. The molecule has 2 heterocycles. The minimum atomic E-state index is -1.10. The highest BCUT2D eigenvalue weighted by molar-refractivity contribution is 5.77. The Morgan fingerprint density at radius 1 is 0.957 bits per heavy atom. The Morgan fingerprint density at radius 3 is 2.20 bits per heavy atom. The third-order valence-electron chi connectivity index (χ3n) is 8.78. The van der Waals surface area contributed by atoms with E-state index in [0.717, 1.165) is 11.1 Å². The van der Waals surface area contributed by atoms with Crippen LogP contribution in [0.5, 0.6) is 0 Å². The Morgan fingerprint density at radius 2 is 1.61 bits per heavy atom. The van der Waals surface area contributed by atoms with Crippen LogP contribution in [0.2, 0.25) is 0 Å². The fourth-order valence-electron chi connectivity index (χ4n) is 6.43. The first-order chi connectivity index (χ1) is 22.2. The molecule has 1 aromatic heterocycles. The molecular formula is C35H38F2N4O5. The summed E-state index contributed by atoms with van der Waals surface area (Å²) in [4.78, 5) is 41.4. The van der Waals surface area contributed by atoms with Crippen molar-refractivity contribution in [2.24, 2.45) is 0 Å². The van der Waals surface area contributed by atoms with E-state index in [1.54, 1.807) is 24.0 Å². The van der Waals surface area contributed by atoms with Crippen molar-refractivity contribution in [3.63, 3.8) is 0 Å². The van der Waals surface area contributed by atoms with Gasteiger partial charge in [-0.2, -0.15) is 5.10 Å².